The highest BCUT2D eigenvalue weighted by atomic mass is 127. The Kier molecular flexibility index (Phi) is 11.5. The number of aryl methyl sites for hydroxylation is 1. The van der Waals surface area contributed by atoms with E-state index in [0.717, 1.165) is 31.4 Å². The van der Waals surface area contributed by atoms with E-state index in [2.05, 4.69) is 10.3 Å². The van der Waals surface area contributed by atoms with E-state index in [9.17, 15) is 4.79 Å². The first-order valence-electron chi connectivity index (χ1n) is 8.62. The number of ether oxygens (including phenoxy) is 1. The van der Waals surface area contributed by atoms with Crippen LogP contribution in [0.25, 0.3) is 0 Å². The molecule has 0 saturated carbocycles. The van der Waals surface area contributed by atoms with Crippen LogP contribution >= 0.6 is 24.0 Å². The second-order valence-electron chi connectivity index (χ2n) is 7.01. The highest BCUT2D eigenvalue weighted by Gasteiger charge is 2.15. The molecule has 142 valence electrons. The van der Waals surface area contributed by atoms with Crippen LogP contribution in [0.2, 0.25) is 0 Å². The second kappa shape index (κ2) is 12.1. The average molecular weight is 461 g/mol. The van der Waals surface area contributed by atoms with Crippen LogP contribution in [-0.4, -0.2) is 24.1 Å². The number of halogens is 1. The lowest BCUT2D eigenvalue weighted by molar-refractivity contribution is -0.154. The third kappa shape index (κ3) is 12.7. The quantitative estimate of drug-likeness (QED) is 0.195. The molecule has 0 unspecified atom stereocenters. The number of nitrogens with two attached hydrogens (primary N) is 1. The zero-order chi connectivity index (χ0) is 18.0. The van der Waals surface area contributed by atoms with Crippen molar-refractivity contribution in [1.29, 1.82) is 0 Å². The maximum atomic E-state index is 11.6. The van der Waals surface area contributed by atoms with E-state index >= 15 is 0 Å². The van der Waals surface area contributed by atoms with E-state index in [4.69, 9.17) is 10.5 Å². The highest BCUT2D eigenvalue weighted by molar-refractivity contribution is 14.0. The van der Waals surface area contributed by atoms with Gasteiger partial charge >= 0.3 is 5.97 Å². The van der Waals surface area contributed by atoms with Gasteiger partial charge in [-0.2, -0.15) is 0 Å². The minimum Gasteiger partial charge on any atom is -0.460 e. The van der Waals surface area contributed by atoms with Gasteiger partial charge in [0.25, 0.3) is 0 Å². The molecular weight excluding hydrogens is 429 g/mol. The van der Waals surface area contributed by atoms with Crippen molar-refractivity contribution >= 4 is 41.6 Å². The van der Waals surface area contributed by atoms with Crippen LogP contribution in [0.3, 0.4) is 0 Å². The molecule has 5 nitrogen and oxygen atoms in total. The molecular formula is C19H32IN3O2. The number of carbonyl (C=O) groups excluding carboxylic acids is 1. The number of guanidine groups is 1. The Morgan fingerprint density at radius 2 is 1.72 bits per heavy atom. The summed E-state index contributed by atoms with van der Waals surface area (Å²) in [7, 11) is 0. The molecule has 0 spiro atoms. The van der Waals surface area contributed by atoms with Crippen LogP contribution in [-0.2, 0) is 9.53 Å². The zero-order valence-electron chi connectivity index (χ0n) is 15.8. The monoisotopic (exact) mass is 461 g/mol. The van der Waals surface area contributed by atoms with Gasteiger partial charge in [-0.05, 0) is 52.7 Å². The third-order valence-electron chi connectivity index (χ3n) is 3.32. The fourth-order valence-electron chi connectivity index (χ4n) is 2.15. The van der Waals surface area contributed by atoms with Crippen molar-refractivity contribution in [2.45, 2.75) is 65.4 Å². The lowest BCUT2D eigenvalue weighted by Crippen LogP contribution is -2.23. The van der Waals surface area contributed by atoms with E-state index < -0.39 is 5.60 Å². The number of hydrogen-bond acceptors (Lipinski definition) is 3. The number of benzene rings is 1. The minimum atomic E-state index is -0.395. The number of nitrogens with zero attached hydrogens (tertiary/aromatic N) is 1. The lowest BCUT2D eigenvalue weighted by atomic mass is 10.1. The van der Waals surface area contributed by atoms with Gasteiger partial charge in [-0.3, -0.25) is 9.79 Å². The summed E-state index contributed by atoms with van der Waals surface area (Å²) in [4.78, 5) is 15.9. The fourth-order valence-corrected chi connectivity index (χ4v) is 2.15. The molecule has 0 amide bonds. The molecule has 0 radical (unpaired) electrons. The van der Waals surface area contributed by atoms with Gasteiger partial charge in [-0.15, -0.1) is 24.0 Å². The largest absolute Gasteiger partial charge is 0.460 e. The molecule has 0 aliphatic carbocycles. The smallest absolute Gasteiger partial charge is 0.306 e. The van der Waals surface area contributed by atoms with Gasteiger partial charge in [0.2, 0.25) is 0 Å². The maximum absolute atomic E-state index is 11.6. The molecule has 0 heterocycles. The van der Waals surface area contributed by atoms with E-state index in [1.54, 1.807) is 0 Å². The number of aliphatic imine (C=N–C) groups is 1. The molecule has 1 aromatic rings. The molecule has 0 aliphatic rings. The number of unbranched alkanes of at least 4 members (excludes halogenated alkanes) is 3. The molecule has 6 heteroatoms. The van der Waals surface area contributed by atoms with Gasteiger partial charge < -0.3 is 15.8 Å². The van der Waals surface area contributed by atoms with Gasteiger partial charge in [0.05, 0.1) is 0 Å². The predicted octanol–water partition coefficient (Wildman–Crippen LogP) is 4.63. The van der Waals surface area contributed by atoms with Crippen LogP contribution in [0.5, 0.6) is 0 Å². The molecule has 0 aromatic heterocycles. The van der Waals surface area contributed by atoms with Gasteiger partial charge in [-0.1, -0.05) is 30.5 Å². The molecule has 0 atom stereocenters. The summed E-state index contributed by atoms with van der Waals surface area (Å²) in [6.07, 6.45) is 4.34. The third-order valence-corrected chi connectivity index (χ3v) is 3.32. The number of rotatable bonds is 8. The van der Waals surface area contributed by atoms with Gasteiger partial charge in [0.15, 0.2) is 5.96 Å². The summed E-state index contributed by atoms with van der Waals surface area (Å²) in [6.45, 7) is 8.40. The summed E-state index contributed by atoms with van der Waals surface area (Å²) < 4.78 is 5.28. The van der Waals surface area contributed by atoms with E-state index in [1.807, 2.05) is 52.0 Å². The van der Waals surface area contributed by atoms with Crippen molar-refractivity contribution in [2.75, 3.05) is 11.9 Å². The molecule has 0 fully saturated rings. The first-order chi connectivity index (χ1) is 11.3. The van der Waals surface area contributed by atoms with Crippen molar-refractivity contribution in [3.63, 3.8) is 0 Å². The van der Waals surface area contributed by atoms with Crippen LogP contribution in [0.15, 0.2) is 29.3 Å². The SMILES string of the molecule is Cc1ccc(NC(N)=NCCCCCCC(=O)OC(C)(C)C)cc1.I. The fraction of sp³-hybridized carbons (Fsp3) is 0.579. The Morgan fingerprint density at radius 1 is 1.12 bits per heavy atom. The topological polar surface area (TPSA) is 76.7 Å². The molecule has 1 aromatic carbocycles. The molecule has 25 heavy (non-hydrogen) atoms. The van der Waals surface area contributed by atoms with E-state index in [1.165, 1.54) is 5.56 Å². The maximum Gasteiger partial charge on any atom is 0.306 e. The van der Waals surface area contributed by atoms with Crippen LogP contribution < -0.4 is 11.1 Å². The van der Waals surface area contributed by atoms with Gasteiger partial charge in [0.1, 0.15) is 5.60 Å². The van der Waals surface area contributed by atoms with Crippen molar-refractivity contribution in [1.82, 2.24) is 0 Å². The number of hydrogen-bond donors (Lipinski definition) is 2. The van der Waals surface area contributed by atoms with Crippen molar-refractivity contribution in [3.8, 4) is 0 Å². The summed E-state index contributed by atoms with van der Waals surface area (Å²) in [5.74, 6) is 0.319. The molecule has 1 rings (SSSR count). The molecule has 3 N–H and O–H groups in total. The minimum absolute atomic E-state index is 0. The number of nitrogens with one attached hydrogen (secondary N) is 1. The standard InChI is InChI=1S/C19H31N3O2.HI/c1-15-10-12-16(13-11-15)22-18(20)21-14-8-6-5-7-9-17(23)24-19(2,3)4;/h10-13H,5-9,14H2,1-4H3,(H3,20,21,22);1H. The Bertz CT molecular complexity index is 537. The number of anilines is 1. The summed E-state index contributed by atoms with van der Waals surface area (Å²) in [5, 5.41) is 3.07. The molecule has 0 aliphatic heterocycles. The van der Waals surface area contributed by atoms with E-state index in [-0.39, 0.29) is 29.9 Å². The highest BCUT2D eigenvalue weighted by Crippen LogP contribution is 2.11. The van der Waals surface area contributed by atoms with Crippen LogP contribution in [0.4, 0.5) is 5.69 Å². The normalized spacial score (nSPS) is 11.6. The Hall–Kier alpha value is -1.31. The summed E-state index contributed by atoms with van der Waals surface area (Å²) in [6, 6.07) is 8.02. The van der Waals surface area contributed by atoms with Crippen LogP contribution in [0.1, 0.15) is 58.4 Å². The van der Waals surface area contributed by atoms with Gasteiger partial charge in [-0.25, -0.2) is 0 Å². The number of carbonyl (C=O) groups is 1. The summed E-state index contributed by atoms with van der Waals surface area (Å²) in [5.41, 5.74) is 7.62. The van der Waals surface area contributed by atoms with Crippen molar-refractivity contribution < 1.29 is 9.53 Å². The Labute approximate surface area is 168 Å². The average Bonchev–Trinajstić information content (AvgIpc) is 2.47. The predicted molar refractivity (Wildman–Crippen MR) is 116 cm³/mol. The first-order valence-corrected chi connectivity index (χ1v) is 8.62. The van der Waals surface area contributed by atoms with Gasteiger partial charge in [0, 0.05) is 18.7 Å². The molecule has 0 bridgehead atoms. The second-order valence-corrected chi connectivity index (χ2v) is 7.01. The van der Waals surface area contributed by atoms with Crippen molar-refractivity contribution in [2.24, 2.45) is 10.7 Å². The first kappa shape index (κ1) is 23.7. The summed E-state index contributed by atoms with van der Waals surface area (Å²) >= 11 is 0. The van der Waals surface area contributed by atoms with Crippen molar-refractivity contribution in [3.05, 3.63) is 29.8 Å². The zero-order valence-corrected chi connectivity index (χ0v) is 18.1. The lowest BCUT2D eigenvalue weighted by Gasteiger charge is -2.19. The van der Waals surface area contributed by atoms with E-state index in [0.29, 0.717) is 18.9 Å². The molecule has 0 saturated heterocycles. The van der Waals surface area contributed by atoms with Crippen LogP contribution in [0, 0.1) is 6.92 Å². The number of esters is 1. The Morgan fingerprint density at radius 3 is 2.32 bits per heavy atom. The Balaban J connectivity index is 0.00000576.